The van der Waals surface area contributed by atoms with Crippen LogP contribution in [0, 0.1) is 11.8 Å². The lowest BCUT2D eigenvalue weighted by atomic mass is 9.58. The van der Waals surface area contributed by atoms with E-state index in [2.05, 4.69) is 59.2 Å². The van der Waals surface area contributed by atoms with Crippen molar-refractivity contribution in [2.75, 3.05) is 36.9 Å². The summed E-state index contributed by atoms with van der Waals surface area (Å²) in [7, 11) is 4.01. The Morgan fingerprint density at radius 3 is 2.46 bits per heavy atom. The van der Waals surface area contributed by atoms with Gasteiger partial charge < -0.3 is 14.8 Å². The van der Waals surface area contributed by atoms with Crippen molar-refractivity contribution in [3.63, 3.8) is 0 Å². The fourth-order valence-corrected chi connectivity index (χ4v) is 8.73. The summed E-state index contributed by atoms with van der Waals surface area (Å²) in [5.74, 6) is 2.21. The molecule has 0 unspecified atom stereocenters. The van der Waals surface area contributed by atoms with Gasteiger partial charge in [-0.05, 0) is 85.5 Å². The van der Waals surface area contributed by atoms with Crippen LogP contribution >= 0.6 is 0 Å². The molecule has 2 aliphatic carbocycles. The highest BCUT2D eigenvalue weighted by molar-refractivity contribution is 6.10. The molecule has 1 aromatic carbocycles. The minimum Gasteiger partial charge on any atom is -0.367 e. The van der Waals surface area contributed by atoms with E-state index in [9.17, 15) is 18.0 Å². The molecule has 1 saturated heterocycles. The number of anilines is 2. The third kappa shape index (κ3) is 5.99. The lowest BCUT2D eigenvalue weighted by Gasteiger charge is -2.46. The molecule has 1 N–H and O–H groups in total. The highest BCUT2D eigenvalue weighted by Gasteiger charge is 2.49. The van der Waals surface area contributed by atoms with E-state index in [4.69, 9.17) is 4.98 Å². The molecule has 4 heterocycles. The quantitative estimate of drug-likeness (QED) is 0.306. The number of benzene rings is 1. The van der Waals surface area contributed by atoms with Gasteiger partial charge in [-0.25, -0.2) is 4.98 Å². The van der Waals surface area contributed by atoms with Crippen LogP contribution in [0.3, 0.4) is 0 Å². The second-order valence-corrected chi connectivity index (χ2v) is 15.2. The Morgan fingerprint density at radius 2 is 1.81 bits per heavy atom. The Bertz CT molecular complexity index is 1670. The second kappa shape index (κ2) is 12.4. The highest BCUT2D eigenvalue weighted by atomic mass is 19.4. The predicted octanol–water partition coefficient (Wildman–Crippen LogP) is 6.23. The molecule has 0 radical (unpaired) electrons. The minimum atomic E-state index is -4.60. The summed E-state index contributed by atoms with van der Waals surface area (Å²) in [4.78, 5) is 25.1. The fourth-order valence-electron chi connectivity index (χ4n) is 8.73. The summed E-state index contributed by atoms with van der Waals surface area (Å²) < 4.78 is 46.1. The van der Waals surface area contributed by atoms with E-state index in [1.165, 1.54) is 11.0 Å². The molecule has 7 rings (SSSR count). The first-order valence-electron chi connectivity index (χ1n) is 17.4. The average molecular weight is 665 g/mol. The monoisotopic (exact) mass is 664 g/mol. The maximum atomic E-state index is 14.7. The molecule has 2 saturated carbocycles. The molecule has 258 valence electrons. The molecule has 3 fully saturated rings. The van der Waals surface area contributed by atoms with Crippen LogP contribution in [0.25, 0.3) is 0 Å². The van der Waals surface area contributed by atoms with E-state index in [0.717, 1.165) is 69.5 Å². The van der Waals surface area contributed by atoms with Crippen molar-refractivity contribution in [1.82, 2.24) is 29.5 Å². The Morgan fingerprint density at radius 1 is 1.06 bits per heavy atom. The smallest absolute Gasteiger partial charge is 0.367 e. The zero-order valence-corrected chi connectivity index (χ0v) is 28.6. The first-order valence-corrected chi connectivity index (χ1v) is 17.4. The first-order chi connectivity index (χ1) is 22.8. The number of piperazine rings is 1. The van der Waals surface area contributed by atoms with Gasteiger partial charge in [-0.2, -0.15) is 13.2 Å². The number of hydrogen-bond acceptors (Lipinski definition) is 7. The third-order valence-corrected chi connectivity index (χ3v) is 11.2. The van der Waals surface area contributed by atoms with Crippen molar-refractivity contribution in [2.45, 2.75) is 96.1 Å². The lowest BCUT2D eigenvalue weighted by molar-refractivity contribution is -0.138. The Balaban J connectivity index is 1.27. The molecule has 2 aliphatic heterocycles. The SMILES string of the molecule is CC(C)[C@H]1CN(C)CCN1Cc1cc2c(c(C(F)(F)F)c1)CN(c1cc([C@]3(c4nncn4C)C[C@H](C)C3)cc(NC3CCCC3)n1)C2=O. The van der Waals surface area contributed by atoms with Crippen molar-refractivity contribution < 1.29 is 18.0 Å². The van der Waals surface area contributed by atoms with Gasteiger partial charge in [0.25, 0.3) is 5.91 Å². The van der Waals surface area contributed by atoms with E-state index in [0.29, 0.717) is 35.6 Å². The third-order valence-electron chi connectivity index (χ3n) is 11.2. The van der Waals surface area contributed by atoms with Crippen molar-refractivity contribution in [2.24, 2.45) is 18.9 Å². The summed E-state index contributed by atoms with van der Waals surface area (Å²) in [6.07, 6.45) is 3.14. The van der Waals surface area contributed by atoms with Gasteiger partial charge in [0.15, 0.2) is 0 Å². The van der Waals surface area contributed by atoms with Crippen LogP contribution in [0.4, 0.5) is 24.8 Å². The van der Waals surface area contributed by atoms with Crippen LogP contribution < -0.4 is 10.2 Å². The molecule has 0 bridgehead atoms. The Hall–Kier alpha value is -3.51. The molecule has 3 aromatic rings. The number of nitrogens with one attached hydrogen (secondary N) is 1. The average Bonchev–Trinajstić information content (AvgIpc) is 3.76. The number of pyridine rings is 1. The molecular weight excluding hydrogens is 617 g/mol. The zero-order valence-electron chi connectivity index (χ0n) is 28.6. The number of carbonyl (C=O) groups is 1. The molecular formula is C36H47F3N8O. The van der Waals surface area contributed by atoms with Crippen molar-refractivity contribution in [3.05, 3.63) is 64.2 Å². The molecule has 2 aromatic heterocycles. The van der Waals surface area contributed by atoms with Gasteiger partial charge in [0.2, 0.25) is 0 Å². The standard InChI is InChI=1S/C36H47F3N8O/c1-22(2)30-20-44(4)10-11-46(30)18-24-12-27-28(29(13-24)36(37,38)39)19-47(33(27)48)32-15-25(14-31(42-32)41-26-8-6-7-9-26)35(16-23(3)17-35)34-43-40-21-45(34)5/h12-15,21-23,26,30H,6-11,16-20H2,1-5H3,(H,41,42)/t23-,30-,35-/m1/s1. The van der Waals surface area contributed by atoms with E-state index < -0.39 is 23.1 Å². The van der Waals surface area contributed by atoms with Gasteiger partial charge in [0.05, 0.1) is 17.5 Å². The van der Waals surface area contributed by atoms with E-state index in [-0.39, 0.29) is 29.8 Å². The normalized spacial score (nSPS) is 25.6. The summed E-state index contributed by atoms with van der Waals surface area (Å²) >= 11 is 0. The van der Waals surface area contributed by atoms with E-state index >= 15 is 0 Å². The number of likely N-dealkylation sites (N-methyl/N-ethyl adjacent to an activating group) is 1. The molecule has 48 heavy (non-hydrogen) atoms. The lowest BCUT2D eigenvalue weighted by Crippen LogP contribution is -2.53. The summed E-state index contributed by atoms with van der Waals surface area (Å²) in [5.41, 5.74) is 0.452. The van der Waals surface area contributed by atoms with Gasteiger partial charge in [0, 0.05) is 50.9 Å². The number of rotatable bonds is 8. The number of halogens is 3. The number of aromatic nitrogens is 4. The summed E-state index contributed by atoms with van der Waals surface area (Å²) in [6.45, 7) is 9.15. The molecule has 1 atom stereocenters. The number of alkyl halides is 3. The van der Waals surface area contributed by atoms with Gasteiger partial charge in [-0.15, -0.1) is 10.2 Å². The Labute approximate surface area is 280 Å². The number of fused-ring (bicyclic) bond motifs is 1. The molecule has 1 amide bonds. The van der Waals surface area contributed by atoms with Gasteiger partial charge in [-0.3, -0.25) is 14.6 Å². The fraction of sp³-hybridized carbons (Fsp3) is 0.611. The van der Waals surface area contributed by atoms with Gasteiger partial charge in [0.1, 0.15) is 23.8 Å². The van der Waals surface area contributed by atoms with Crippen molar-refractivity contribution >= 4 is 17.5 Å². The summed E-state index contributed by atoms with van der Waals surface area (Å²) in [6, 6.07) is 7.39. The number of amides is 1. The van der Waals surface area contributed by atoms with Crippen LogP contribution in [0.2, 0.25) is 0 Å². The number of nitrogens with zero attached hydrogens (tertiary/aromatic N) is 7. The molecule has 4 aliphatic rings. The summed E-state index contributed by atoms with van der Waals surface area (Å²) in [5, 5.41) is 12.3. The second-order valence-electron chi connectivity index (χ2n) is 15.2. The van der Waals surface area contributed by atoms with E-state index in [1.54, 1.807) is 12.4 Å². The van der Waals surface area contributed by atoms with Crippen LogP contribution in [0.1, 0.15) is 97.7 Å². The number of hydrogen-bond donors (Lipinski definition) is 1. The largest absolute Gasteiger partial charge is 0.416 e. The maximum Gasteiger partial charge on any atom is 0.416 e. The van der Waals surface area contributed by atoms with Crippen LogP contribution in [0.5, 0.6) is 0 Å². The maximum absolute atomic E-state index is 14.7. The topological polar surface area (TPSA) is 82.4 Å². The van der Waals surface area contributed by atoms with Crippen LogP contribution in [0.15, 0.2) is 30.6 Å². The number of carbonyl (C=O) groups excluding carboxylic acids is 1. The van der Waals surface area contributed by atoms with Crippen molar-refractivity contribution in [1.29, 1.82) is 0 Å². The predicted molar refractivity (Wildman–Crippen MR) is 179 cm³/mol. The van der Waals surface area contributed by atoms with Crippen molar-refractivity contribution in [3.8, 4) is 0 Å². The van der Waals surface area contributed by atoms with Gasteiger partial charge in [-0.1, -0.05) is 33.6 Å². The van der Waals surface area contributed by atoms with Crippen LogP contribution in [-0.4, -0.2) is 74.2 Å². The van der Waals surface area contributed by atoms with Gasteiger partial charge >= 0.3 is 6.18 Å². The minimum absolute atomic E-state index is 0.0211. The van der Waals surface area contributed by atoms with E-state index in [1.807, 2.05) is 17.7 Å². The first kappa shape index (κ1) is 33.0. The molecule has 0 spiro atoms. The number of aryl methyl sites for hydroxylation is 1. The molecule has 9 nitrogen and oxygen atoms in total. The van der Waals surface area contributed by atoms with Crippen LogP contribution in [-0.2, 0) is 31.7 Å². The Kier molecular flexibility index (Phi) is 8.55. The zero-order chi connectivity index (χ0) is 34.0. The highest BCUT2D eigenvalue weighted by Crippen LogP contribution is 2.52. The molecule has 12 heteroatoms.